The zero-order valence-corrected chi connectivity index (χ0v) is 21.6. The van der Waals surface area contributed by atoms with E-state index in [-0.39, 0.29) is 30.8 Å². The second kappa shape index (κ2) is 12.6. The maximum absolute atomic E-state index is 15.2. The molecule has 0 radical (unpaired) electrons. The zero-order chi connectivity index (χ0) is 28.6. The summed E-state index contributed by atoms with van der Waals surface area (Å²) in [4.78, 5) is 50.2. The van der Waals surface area contributed by atoms with Crippen LogP contribution in [-0.4, -0.2) is 53.5 Å². The highest BCUT2D eigenvalue weighted by atomic mass is 19.1. The van der Waals surface area contributed by atoms with Gasteiger partial charge in [-0.25, -0.2) is 18.3 Å². The summed E-state index contributed by atoms with van der Waals surface area (Å²) >= 11 is 0. The Hall–Kier alpha value is -4.85. The van der Waals surface area contributed by atoms with Gasteiger partial charge in [-0.05, 0) is 37.3 Å². The van der Waals surface area contributed by atoms with Crippen molar-refractivity contribution in [1.82, 2.24) is 20.0 Å². The molecule has 3 amide bonds. The van der Waals surface area contributed by atoms with Gasteiger partial charge < -0.3 is 15.0 Å². The number of aldehydes is 1. The number of benzene rings is 2. The van der Waals surface area contributed by atoms with E-state index < -0.39 is 34.5 Å². The molecule has 2 aromatic carbocycles. The first-order valence-electron chi connectivity index (χ1n) is 11.9. The van der Waals surface area contributed by atoms with Gasteiger partial charge in [0.1, 0.15) is 12.0 Å². The number of carbonyl (C=O) groups excluding carboxylic acids is 3. The molecule has 9 nitrogen and oxygen atoms in total. The molecule has 0 saturated heterocycles. The van der Waals surface area contributed by atoms with Crippen molar-refractivity contribution in [3.63, 3.8) is 0 Å². The first-order valence-corrected chi connectivity index (χ1v) is 11.9. The molecule has 3 aromatic rings. The summed E-state index contributed by atoms with van der Waals surface area (Å²) in [7, 11) is 2.60. The smallest absolute Gasteiger partial charge is 0.325 e. The van der Waals surface area contributed by atoms with Crippen molar-refractivity contribution in [3.05, 3.63) is 93.4 Å². The molecular weight excluding hydrogens is 508 g/mol. The molecule has 0 aliphatic rings. The van der Waals surface area contributed by atoms with Gasteiger partial charge in [0.05, 0.1) is 11.2 Å². The number of hydrogen-bond acceptors (Lipinski definition) is 5. The van der Waals surface area contributed by atoms with Gasteiger partial charge in [-0.15, -0.1) is 0 Å². The van der Waals surface area contributed by atoms with Crippen molar-refractivity contribution in [2.24, 2.45) is 7.05 Å². The number of amides is 3. The quantitative estimate of drug-likeness (QED) is 0.258. The van der Waals surface area contributed by atoms with E-state index in [0.29, 0.717) is 18.3 Å². The van der Waals surface area contributed by atoms with Crippen LogP contribution in [0.15, 0.2) is 59.4 Å². The van der Waals surface area contributed by atoms with Crippen LogP contribution in [0.2, 0.25) is 0 Å². The van der Waals surface area contributed by atoms with Crippen LogP contribution in [0.1, 0.15) is 30.2 Å². The lowest BCUT2D eigenvalue weighted by molar-refractivity contribution is -0.111. The van der Waals surface area contributed by atoms with Gasteiger partial charge in [0.2, 0.25) is 6.41 Å². The number of aryl methyl sites for hydroxylation is 1. The number of anilines is 1. The van der Waals surface area contributed by atoms with Crippen molar-refractivity contribution in [2.45, 2.75) is 18.9 Å². The van der Waals surface area contributed by atoms with Crippen LogP contribution in [-0.2, 0) is 22.2 Å². The predicted molar refractivity (Wildman–Crippen MR) is 141 cm³/mol. The Morgan fingerprint density at radius 1 is 1.08 bits per heavy atom. The van der Waals surface area contributed by atoms with Crippen molar-refractivity contribution in [2.75, 3.05) is 25.0 Å². The monoisotopic (exact) mass is 535 g/mol. The van der Waals surface area contributed by atoms with Gasteiger partial charge in [-0.2, -0.15) is 5.10 Å². The van der Waals surface area contributed by atoms with Crippen LogP contribution in [0.5, 0.6) is 0 Å². The Morgan fingerprint density at radius 2 is 1.72 bits per heavy atom. The summed E-state index contributed by atoms with van der Waals surface area (Å²) < 4.78 is 31.4. The Balaban J connectivity index is 2.02. The number of halogens is 2. The van der Waals surface area contributed by atoms with E-state index in [2.05, 4.69) is 22.3 Å². The number of nitrogens with zero attached hydrogens (tertiary/aromatic N) is 4. The lowest BCUT2D eigenvalue weighted by Crippen LogP contribution is -2.55. The molecule has 0 aliphatic carbocycles. The predicted octanol–water partition coefficient (Wildman–Crippen LogP) is 2.57. The lowest BCUT2D eigenvalue weighted by Gasteiger charge is -2.41. The number of carbonyl (C=O) groups is 3. The van der Waals surface area contributed by atoms with Crippen LogP contribution in [0, 0.1) is 23.5 Å². The highest BCUT2D eigenvalue weighted by Gasteiger charge is 2.40. The van der Waals surface area contributed by atoms with Crippen LogP contribution in [0.4, 0.5) is 19.3 Å². The van der Waals surface area contributed by atoms with Crippen molar-refractivity contribution in [3.8, 4) is 11.8 Å². The molecule has 1 heterocycles. The van der Waals surface area contributed by atoms with Gasteiger partial charge in [0, 0.05) is 50.8 Å². The third kappa shape index (κ3) is 6.54. The van der Waals surface area contributed by atoms with Gasteiger partial charge in [0.25, 0.3) is 5.56 Å². The summed E-state index contributed by atoms with van der Waals surface area (Å²) in [5, 5.41) is 6.63. The van der Waals surface area contributed by atoms with E-state index in [1.807, 2.05) is 6.07 Å². The molecule has 3 rings (SSSR count). The summed E-state index contributed by atoms with van der Waals surface area (Å²) in [6, 6.07) is 12.7. The molecule has 0 bridgehead atoms. The number of aromatic nitrogens is 2. The summed E-state index contributed by atoms with van der Waals surface area (Å²) in [5.74, 6) is 3.49. The molecule has 1 unspecified atom stereocenters. The van der Waals surface area contributed by atoms with E-state index in [0.717, 1.165) is 21.7 Å². The Bertz CT molecular complexity index is 1460. The van der Waals surface area contributed by atoms with Crippen LogP contribution in [0.25, 0.3) is 0 Å². The van der Waals surface area contributed by atoms with Crippen LogP contribution < -0.4 is 15.8 Å². The first-order chi connectivity index (χ1) is 18.6. The van der Waals surface area contributed by atoms with Gasteiger partial charge >= 0.3 is 6.03 Å². The minimum absolute atomic E-state index is 0.0255. The van der Waals surface area contributed by atoms with E-state index in [4.69, 9.17) is 0 Å². The summed E-state index contributed by atoms with van der Waals surface area (Å²) in [6.45, 7) is 1.37. The highest BCUT2D eigenvalue weighted by molar-refractivity contribution is 5.92. The number of nitrogens with one attached hydrogen (secondary N) is 1. The van der Waals surface area contributed by atoms with Crippen molar-refractivity contribution < 1.29 is 23.2 Å². The Labute approximate surface area is 224 Å². The van der Waals surface area contributed by atoms with Crippen molar-refractivity contribution in [1.29, 1.82) is 0 Å². The topological polar surface area (TPSA) is 105 Å². The largest absolute Gasteiger partial charge is 0.357 e. The SMILES string of the molecule is CN(C(=O)N(CCNC=O)C(C)(CC=O)c1ccc(=O)n(C)n1)c1c(F)cc(C#Cc2ccccc2)cc1F. The molecule has 1 N–H and O–H groups in total. The average molecular weight is 536 g/mol. The number of urea groups is 1. The minimum Gasteiger partial charge on any atom is -0.357 e. The Kier molecular flexibility index (Phi) is 9.28. The second-order valence-electron chi connectivity index (χ2n) is 8.79. The third-order valence-corrected chi connectivity index (χ3v) is 6.15. The van der Waals surface area contributed by atoms with Gasteiger partial charge in [0.15, 0.2) is 11.6 Å². The fraction of sp³-hybridized carbons (Fsp3) is 0.250. The van der Waals surface area contributed by atoms with E-state index in [1.54, 1.807) is 24.3 Å². The van der Waals surface area contributed by atoms with E-state index in [1.165, 1.54) is 38.1 Å². The maximum atomic E-state index is 15.2. The fourth-order valence-electron chi connectivity index (χ4n) is 3.99. The standard InChI is InChI=1S/C28H27F2N5O4/c1-28(13-16-36,24-11-12-25(38)34(3)32-24)35(15-14-31-19-37)27(39)33(2)26-22(29)17-21(18-23(26)30)10-9-20-7-5-4-6-8-20/h4-8,11-12,16-19H,13-15H2,1-3H3,(H,31,37). The van der Waals surface area contributed by atoms with E-state index in [9.17, 15) is 19.2 Å². The third-order valence-electron chi connectivity index (χ3n) is 6.15. The lowest BCUT2D eigenvalue weighted by atomic mass is 9.91. The molecule has 202 valence electrons. The molecular formula is C28H27F2N5O4. The molecule has 0 spiro atoms. The molecule has 0 aliphatic heterocycles. The molecule has 39 heavy (non-hydrogen) atoms. The second-order valence-corrected chi connectivity index (χ2v) is 8.79. The number of hydrogen-bond donors (Lipinski definition) is 1. The highest BCUT2D eigenvalue weighted by Crippen LogP contribution is 2.32. The molecule has 11 heteroatoms. The van der Waals surface area contributed by atoms with Gasteiger partial charge in [-0.3, -0.25) is 14.5 Å². The Morgan fingerprint density at radius 3 is 2.31 bits per heavy atom. The molecule has 0 fully saturated rings. The summed E-state index contributed by atoms with van der Waals surface area (Å²) in [6.07, 6.45) is 0.752. The molecule has 0 saturated carbocycles. The molecule has 1 atom stereocenters. The molecule has 1 aromatic heterocycles. The minimum atomic E-state index is -1.43. The van der Waals surface area contributed by atoms with Crippen LogP contribution >= 0.6 is 0 Å². The zero-order valence-electron chi connectivity index (χ0n) is 21.6. The first kappa shape index (κ1) is 28.7. The van der Waals surface area contributed by atoms with Crippen LogP contribution in [0.3, 0.4) is 0 Å². The fourth-order valence-corrected chi connectivity index (χ4v) is 3.99. The normalized spacial score (nSPS) is 11.9. The number of rotatable bonds is 9. The van der Waals surface area contributed by atoms with Gasteiger partial charge in [-0.1, -0.05) is 30.0 Å². The summed E-state index contributed by atoms with van der Waals surface area (Å²) in [5.41, 5.74) is -1.54. The maximum Gasteiger partial charge on any atom is 0.325 e. The van der Waals surface area contributed by atoms with Crippen molar-refractivity contribution >= 4 is 24.4 Å². The average Bonchev–Trinajstić information content (AvgIpc) is 2.91. The van der Waals surface area contributed by atoms with E-state index >= 15 is 8.78 Å².